The zero-order valence-electron chi connectivity index (χ0n) is 15.9. The van der Waals surface area contributed by atoms with Crippen LogP contribution in [0.15, 0.2) is 12.6 Å². The van der Waals surface area contributed by atoms with E-state index in [0.29, 0.717) is 13.1 Å². The molecule has 136 valence electrons. The molecule has 0 atom stereocenters. The summed E-state index contributed by atoms with van der Waals surface area (Å²) in [7, 11) is 0. The number of hydrogen-bond donors (Lipinski definition) is 0. The van der Waals surface area contributed by atoms with E-state index in [4.69, 9.17) is 9.47 Å². The maximum absolute atomic E-state index is 12.5. The summed E-state index contributed by atoms with van der Waals surface area (Å²) in [6.45, 7) is 14.1. The monoisotopic (exact) mass is 343 g/mol. The van der Waals surface area contributed by atoms with Gasteiger partial charge < -0.3 is 14.4 Å². The molecular weight excluding hydrogens is 314 g/mol. The van der Waals surface area contributed by atoms with Gasteiger partial charge in [0.2, 0.25) is 0 Å². The van der Waals surface area contributed by atoms with Crippen molar-refractivity contribution in [2.45, 2.75) is 59.0 Å². The van der Waals surface area contributed by atoms with Crippen LogP contribution in [0.25, 0.3) is 5.57 Å². The van der Waals surface area contributed by atoms with Gasteiger partial charge in [-0.25, -0.2) is 4.79 Å². The quantitative estimate of drug-likeness (QED) is 0.759. The number of carbonyl (C=O) groups is 1. The first-order chi connectivity index (χ1) is 11.8. The van der Waals surface area contributed by atoms with Crippen molar-refractivity contribution < 1.29 is 14.3 Å². The number of rotatable bonds is 1. The van der Waals surface area contributed by atoms with Crippen LogP contribution in [-0.4, -0.2) is 36.3 Å². The molecule has 0 saturated heterocycles. The summed E-state index contributed by atoms with van der Waals surface area (Å²) in [5.41, 5.74) is 5.80. The molecule has 0 saturated carbocycles. The van der Waals surface area contributed by atoms with E-state index >= 15 is 0 Å². The number of ether oxygens (including phenoxy) is 2. The largest absolute Gasteiger partial charge is 0.493 e. The first-order valence-electron chi connectivity index (χ1n) is 9.20. The minimum Gasteiger partial charge on any atom is -0.493 e. The van der Waals surface area contributed by atoms with Crippen molar-refractivity contribution in [2.75, 3.05) is 19.7 Å². The summed E-state index contributed by atoms with van der Waals surface area (Å²) in [5.74, 6) is 1.01. The smallest absolute Gasteiger partial charge is 0.410 e. The molecule has 0 spiro atoms. The SMILES string of the molecule is C=C(C)c1c2c(cc3c1CCCO3)CCN(C(=O)OC(C)(C)C)CC2. The summed E-state index contributed by atoms with van der Waals surface area (Å²) in [6, 6.07) is 2.19. The summed E-state index contributed by atoms with van der Waals surface area (Å²) >= 11 is 0. The predicted molar refractivity (Wildman–Crippen MR) is 100 cm³/mol. The molecule has 1 amide bonds. The second-order valence-electron chi connectivity index (χ2n) is 8.07. The Morgan fingerprint density at radius 1 is 1.20 bits per heavy atom. The Kier molecular flexibility index (Phi) is 4.81. The molecule has 1 aromatic carbocycles. The second kappa shape index (κ2) is 6.74. The molecule has 0 aromatic heterocycles. The lowest BCUT2D eigenvalue weighted by Crippen LogP contribution is -2.38. The van der Waals surface area contributed by atoms with Crippen LogP contribution in [-0.2, 0) is 24.0 Å². The highest BCUT2D eigenvalue weighted by atomic mass is 16.6. The van der Waals surface area contributed by atoms with Crippen molar-refractivity contribution >= 4 is 11.7 Å². The number of hydrogen-bond acceptors (Lipinski definition) is 3. The zero-order chi connectivity index (χ0) is 18.2. The highest BCUT2D eigenvalue weighted by Crippen LogP contribution is 2.37. The van der Waals surface area contributed by atoms with Gasteiger partial charge in [0, 0.05) is 18.7 Å². The number of carbonyl (C=O) groups excluding carboxylic acids is 1. The third-order valence-electron chi connectivity index (χ3n) is 4.78. The zero-order valence-corrected chi connectivity index (χ0v) is 15.9. The third-order valence-corrected chi connectivity index (χ3v) is 4.78. The standard InChI is InChI=1S/C21H29NO3/c1-14(2)19-16-9-11-22(20(23)25-21(3,4)5)10-8-15(16)13-18-17(19)7-6-12-24-18/h13H,1,6-12H2,2-5H3. The van der Waals surface area contributed by atoms with E-state index < -0.39 is 5.60 Å². The summed E-state index contributed by atoms with van der Waals surface area (Å²) in [5, 5.41) is 0. The van der Waals surface area contributed by atoms with Crippen LogP contribution in [0.1, 0.15) is 56.4 Å². The second-order valence-corrected chi connectivity index (χ2v) is 8.07. The van der Waals surface area contributed by atoms with Gasteiger partial charge in [0.15, 0.2) is 0 Å². The molecule has 0 radical (unpaired) electrons. The molecule has 2 aliphatic rings. The number of allylic oxidation sites excluding steroid dienone is 1. The Morgan fingerprint density at radius 2 is 1.92 bits per heavy atom. The first-order valence-corrected chi connectivity index (χ1v) is 9.20. The summed E-state index contributed by atoms with van der Waals surface area (Å²) in [6.07, 6.45) is 3.53. The lowest BCUT2D eigenvalue weighted by molar-refractivity contribution is 0.0258. The van der Waals surface area contributed by atoms with Crippen LogP contribution in [0.4, 0.5) is 4.79 Å². The van der Waals surface area contributed by atoms with Crippen molar-refractivity contribution in [3.63, 3.8) is 0 Å². The molecule has 2 heterocycles. The van der Waals surface area contributed by atoms with Crippen LogP contribution in [0.2, 0.25) is 0 Å². The third kappa shape index (κ3) is 3.83. The summed E-state index contributed by atoms with van der Waals surface area (Å²) in [4.78, 5) is 14.3. The van der Waals surface area contributed by atoms with E-state index in [1.807, 2.05) is 25.7 Å². The molecule has 0 fully saturated rings. The average molecular weight is 343 g/mol. The minimum absolute atomic E-state index is 0.224. The topological polar surface area (TPSA) is 38.8 Å². The van der Waals surface area contributed by atoms with E-state index in [9.17, 15) is 4.79 Å². The van der Waals surface area contributed by atoms with Gasteiger partial charge in [-0.05, 0) is 76.1 Å². The molecule has 25 heavy (non-hydrogen) atoms. The van der Waals surface area contributed by atoms with Gasteiger partial charge in [0.05, 0.1) is 6.61 Å². The number of nitrogens with zero attached hydrogens (tertiary/aromatic N) is 1. The van der Waals surface area contributed by atoms with Crippen molar-refractivity contribution in [1.82, 2.24) is 4.90 Å². The molecule has 0 bridgehead atoms. The molecule has 3 rings (SSSR count). The van der Waals surface area contributed by atoms with Crippen LogP contribution in [0.3, 0.4) is 0 Å². The van der Waals surface area contributed by atoms with Gasteiger partial charge in [0.1, 0.15) is 11.4 Å². The van der Waals surface area contributed by atoms with E-state index in [1.165, 1.54) is 22.3 Å². The molecule has 0 aliphatic carbocycles. The highest BCUT2D eigenvalue weighted by molar-refractivity contribution is 5.73. The van der Waals surface area contributed by atoms with Gasteiger partial charge in [0.25, 0.3) is 0 Å². The highest BCUT2D eigenvalue weighted by Gasteiger charge is 2.27. The molecule has 0 unspecified atom stereocenters. The van der Waals surface area contributed by atoms with Crippen LogP contribution in [0, 0.1) is 0 Å². The lowest BCUT2D eigenvalue weighted by atomic mass is 9.86. The fraction of sp³-hybridized carbons (Fsp3) is 0.571. The van der Waals surface area contributed by atoms with Gasteiger partial charge in [-0.1, -0.05) is 12.2 Å². The molecule has 4 nitrogen and oxygen atoms in total. The Hall–Kier alpha value is -1.97. The lowest BCUT2D eigenvalue weighted by Gasteiger charge is -2.26. The molecule has 4 heteroatoms. The normalized spacial score (nSPS) is 17.0. The van der Waals surface area contributed by atoms with E-state index in [1.54, 1.807) is 0 Å². The molecule has 1 aromatic rings. The fourth-order valence-corrected chi connectivity index (χ4v) is 3.75. The number of fused-ring (bicyclic) bond motifs is 2. The summed E-state index contributed by atoms with van der Waals surface area (Å²) < 4.78 is 11.5. The Labute approximate surface area is 150 Å². The van der Waals surface area contributed by atoms with E-state index in [0.717, 1.165) is 43.6 Å². The van der Waals surface area contributed by atoms with Crippen molar-refractivity contribution in [3.05, 3.63) is 34.9 Å². The Morgan fingerprint density at radius 3 is 2.60 bits per heavy atom. The van der Waals surface area contributed by atoms with Gasteiger partial charge in [-0.2, -0.15) is 0 Å². The average Bonchev–Trinajstić information content (AvgIpc) is 2.73. The molecular formula is C21H29NO3. The van der Waals surface area contributed by atoms with Gasteiger partial charge in [-0.15, -0.1) is 0 Å². The van der Waals surface area contributed by atoms with Gasteiger partial charge >= 0.3 is 6.09 Å². The van der Waals surface area contributed by atoms with Crippen molar-refractivity contribution in [2.24, 2.45) is 0 Å². The maximum Gasteiger partial charge on any atom is 0.410 e. The first kappa shape index (κ1) is 17.8. The minimum atomic E-state index is -0.466. The Balaban J connectivity index is 1.90. The number of benzene rings is 1. The van der Waals surface area contributed by atoms with Crippen LogP contribution in [0.5, 0.6) is 5.75 Å². The van der Waals surface area contributed by atoms with Gasteiger partial charge in [-0.3, -0.25) is 0 Å². The fourth-order valence-electron chi connectivity index (χ4n) is 3.75. The molecule has 0 N–H and O–H groups in total. The van der Waals surface area contributed by atoms with Crippen LogP contribution < -0.4 is 4.74 Å². The van der Waals surface area contributed by atoms with Crippen molar-refractivity contribution in [3.8, 4) is 5.75 Å². The number of amides is 1. The van der Waals surface area contributed by atoms with Crippen molar-refractivity contribution in [1.29, 1.82) is 0 Å². The van der Waals surface area contributed by atoms with E-state index in [2.05, 4.69) is 19.6 Å². The Bertz CT molecular complexity index is 700. The maximum atomic E-state index is 12.5. The van der Waals surface area contributed by atoms with E-state index in [-0.39, 0.29) is 6.09 Å². The predicted octanol–water partition coefficient (Wildman–Crippen LogP) is 4.38. The van der Waals surface area contributed by atoms with Crippen LogP contribution >= 0.6 is 0 Å². The molecule has 2 aliphatic heterocycles.